The molecule has 2 aromatic carbocycles. The zero-order chi connectivity index (χ0) is 20.2. The second-order valence-electron chi connectivity index (χ2n) is 8.28. The molecule has 27 heavy (non-hydrogen) atoms. The van der Waals surface area contributed by atoms with Gasteiger partial charge in [-0.1, -0.05) is 64.4 Å². The molecule has 0 aliphatic rings. The molecule has 4 heteroatoms. The van der Waals surface area contributed by atoms with E-state index in [9.17, 15) is 5.11 Å². The van der Waals surface area contributed by atoms with Gasteiger partial charge in [0.25, 0.3) is 0 Å². The Balaban J connectivity index is 2.46. The third-order valence-electron chi connectivity index (χ3n) is 5.30. The van der Waals surface area contributed by atoms with Gasteiger partial charge >= 0.3 is 0 Å². The van der Waals surface area contributed by atoms with Crippen LogP contribution in [0.25, 0.3) is 0 Å². The van der Waals surface area contributed by atoms with E-state index in [-0.39, 0.29) is 10.7 Å². The third-order valence-corrected chi connectivity index (χ3v) is 8.14. The highest BCUT2D eigenvalue weighted by atomic mass is 35.5. The van der Waals surface area contributed by atoms with Gasteiger partial charge < -0.3 is 5.11 Å². The van der Waals surface area contributed by atoms with E-state index < -0.39 is 0 Å². The molecule has 0 aromatic heterocycles. The van der Waals surface area contributed by atoms with Crippen LogP contribution in [0, 0.1) is 6.92 Å². The number of phenolic OH excluding ortho intramolecular Hbond substituents is 1. The molecule has 2 rings (SSSR count). The molecule has 0 fully saturated rings. The number of aryl methyl sites for hydroxylation is 1. The summed E-state index contributed by atoms with van der Waals surface area (Å²) in [5.74, 6) is 0.399. The topological polar surface area (TPSA) is 23.5 Å². The summed E-state index contributed by atoms with van der Waals surface area (Å²) < 4.78 is 1.88. The average Bonchev–Trinajstić information content (AvgIpc) is 2.61. The largest absolute Gasteiger partial charge is 0.508 e. The van der Waals surface area contributed by atoms with E-state index in [1.165, 1.54) is 16.4 Å². The van der Waals surface area contributed by atoms with Gasteiger partial charge in [0.1, 0.15) is 5.75 Å². The summed E-state index contributed by atoms with van der Waals surface area (Å²) in [5, 5.41) is 11.8. The summed E-state index contributed by atoms with van der Waals surface area (Å²) >= 11 is 6.59. The van der Waals surface area contributed by atoms with Gasteiger partial charge in [-0.3, -0.25) is 0 Å². The van der Waals surface area contributed by atoms with Gasteiger partial charge in [-0.15, -0.1) is 0 Å². The number of nitrogens with zero attached hydrogens (tertiary/aromatic N) is 1. The van der Waals surface area contributed by atoms with Gasteiger partial charge in [0.15, 0.2) is 0 Å². The highest BCUT2D eigenvalue weighted by Gasteiger charge is 2.32. The van der Waals surface area contributed by atoms with Crippen LogP contribution >= 0.6 is 20.4 Å². The molecular weight excluding hydrogens is 373 g/mol. The van der Waals surface area contributed by atoms with E-state index in [1.807, 2.05) is 16.6 Å². The fraction of sp³-hybridized carbons (Fsp3) is 0.478. The summed E-state index contributed by atoms with van der Waals surface area (Å²) in [6, 6.07) is 14.5. The van der Waals surface area contributed by atoms with E-state index in [0.717, 1.165) is 18.4 Å². The highest BCUT2D eigenvalue weighted by Crippen LogP contribution is 2.50. The number of para-hydroxylation sites is 1. The van der Waals surface area contributed by atoms with Gasteiger partial charge in [-0.05, 0) is 69.2 Å². The van der Waals surface area contributed by atoms with Crippen molar-refractivity contribution in [1.82, 2.24) is 4.42 Å². The smallest absolute Gasteiger partial charge is 0.119 e. The van der Waals surface area contributed by atoms with Crippen LogP contribution < -0.4 is 5.30 Å². The number of aromatic hydroxyl groups is 1. The number of hydrogen-bond donors (Lipinski definition) is 1. The van der Waals surface area contributed by atoms with Crippen LogP contribution in [-0.4, -0.2) is 15.1 Å². The van der Waals surface area contributed by atoms with Crippen molar-refractivity contribution in [2.24, 2.45) is 0 Å². The number of rotatable bonds is 7. The van der Waals surface area contributed by atoms with Crippen molar-refractivity contribution in [1.29, 1.82) is 0 Å². The van der Waals surface area contributed by atoms with Crippen LogP contribution in [-0.2, 0) is 11.7 Å². The van der Waals surface area contributed by atoms with E-state index in [2.05, 4.69) is 65.8 Å². The monoisotopic (exact) mass is 405 g/mol. The number of benzene rings is 2. The Bertz CT molecular complexity index is 765. The molecule has 148 valence electrons. The third kappa shape index (κ3) is 5.25. The molecule has 0 bridgehead atoms. The number of phenols is 1. The lowest BCUT2D eigenvalue weighted by atomic mass is 9.92. The average molecular weight is 406 g/mol. The van der Waals surface area contributed by atoms with Crippen LogP contribution in [0.5, 0.6) is 5.75 Å². The first-order chi connectivity index (χ1) is 12.6. The minimum Gasteiger partial charge on any atom is -0.508 e. The maximum atomic E-state index is 10.5. The van der Waals surface area contributed by atoms with E-state index in [1.54, 1.807) is 6.07 Å². The van der Waals surface area contributed by atoms with Crippen LogP contribution in [0.2, 0.25) is 0 Å². The first-order valence-electron chi connectivity index (χ1n) is 9.72. The van der Waals surface area contributed by atoms with Gasteiger partial charge in [0.05, 0.1) is 0 Å². The molecule has 0 amide bonds. The summed E-state index contributed by atoms with van der Waals surface area (Å²) in [6.07, 6.45) is 1.97. The predicted octanol–water partition coefficient (Wildman–Crippen LogP) is 6.47. The molecule has 2 nitrogen and oxygen atoms in total. The molecular formula is C23H33ClNOP. The molecule has 0 radical (unpaired) electrons. The Morgan fingerprint density at radius 3 is 2.22 bits per heavy atom. The molecule has 1 atom stereocenters. The number of hydrogen-bond acceptors (Lipinski definition) is 2. The second-order valence-corrected chi connectivity index (χ2v) is 10.4. The minimum atomic E-state index is -0.101. The van der Waals surface area contributed by atoms with Crippen molar-refractivity contribution < 1.29 is 5.11 Å². The molecule has 0 aliphatic carbocycles. The zero-order valence-corrected chi connectivity index (χ0v) is 19.2. The maximum Gasteiger partial charge on any atom is 0.119 e. The lowest BCUT2D eigenvalue weighted by Crippen LogP contribution is -2.34. The van der Waals surface area contributed by atoms with Crippen LogP contribution in [0.3, 0.4) is 0 Å². The Morgan fingerprint density at radius 1 is 1.04 bits per heavy atom. The number of halogens is 1. The second kappa shape index (κ2) is 8.95. The summed E-state index contributed by atoms with van der Waals surface area (Å²) in [6.45, 7) is 13.7. The fourth-order valence-electron chi connectivity index (χ4n) is 3.37. The Hall–Kier alpha value is -1.08. The molecule has 0 saturated heterocycles. The van der Waals surface area contributed by atoms with Crippen LogP contribution in [0.15, 0.2) is 42.5 Å². The highest BCUT2D eigenvalue weighted by molar-refractivity contribution is 7.48. The Labute approximate surface area is 171 Å². The van der Waals surface area contributed by atoms with Crippen molar-refractivity contribution in [2.75, 3.05) is 0 Å². The van der Waals surface area contributed by atoms with E-state index >= 15 is 0 Å². The lowest BCUT2D eigenvalue weighted by Gasteiger charge is -2.35. The van der Waals surface area contributed by atoms with Gasteiger partial charge in [-0.25, -0.2) is 4.42 Å². The Morgan fingerprint density at radius 2 is 1.67 bits per heavy atom. The van der Waals surface area contributed by atoms with Crippen LogP contribution in [0.4, 0.5) is 0 Å². The van der Waals surface area contributed by atoms with Crippen molar-refractivity contribution >= 4 is 25.7 Å². The molecule has 0 aliphatic heterocycles. The van der Waals surface area contributed by atoms with Gasteiger partial charge in [0, 0.05) is 22.8 Å². The van der Waals surface area contributed by atoms with Crippen molar-refractivity contribution in [3.05, 3.63) is 59.2 Å². The first-order valence-corrected chi connectivity index (χ1v) is 11.1. The summed E-state index contributed by atoms with van der Waals surface area (Å²) in [4.78, 5) is 0. The minimum absolute atomic E-state index is 0.0613. The summed E-state index contributed by atoms with van der Waals surface area (Å²) in [5.41, 5.74) is 3.48. The fourth-order valence-corrected chi connectivity index (χ4v) is 5.20. The molecule has 2 aromatic rings. The quantitative estimate of drug-likeness (QED) is 0.421. The molecule has 1 unspecified atom stereocenters. The Kier molecular flexibility index (Phi) is 7.36. The van der Waals surface area contributed by atoms with Crippen molar-refractivity contribution in [3.63, 3.8) is 0 Å². The van der Waals surface area contributed by atoms with Gasteiger partial charge in [-0.2, -0.15) is 0 Å². The van der Waals surface area contributed by atoms with E-state index in [4.69, 9.17) is 11.8 Å². The SMILES string of the molecule is CCC(CC)(Pc1ccc(C)cc1CN(Cl)C(C)(C)C)c1ccccc1O. The van der Waals surface area contributed by atoms with Crippen molar-refractivity contribution in [3.8, 4) is 5.75 Å². The molecule has 0 saturated carbocycles. The summed E-state index contributed by atoms with van der Waals surface area (Å²) in [7, 11) is 0.573. The first kappa shape index (κ1) is 22.2. The predicted molar refractivity (Wildman–Crippen MR) is 121 cm³/mol. The molecule has 1 N–H and O–H groups in total. The van der Waals surface area contributed by atoms with E-state index in [0.29, 0.717) is 20.9 Å². The normalized spacial score (nSPS) is 13.0. The van der Waals surface area contributed by atoms with Crippen molar-refractivity contribution in [2.45, 2.75) is 71.6 Å². The van der Waals surface area contributed by atoms with Gasteiger partial charge in [0.2, 0.25) is 0 Å². The standard InChI is InChI=1S/C23H33ClNOP/c1-7-23(8-2,19-11-9-10-12-20(19)26)27-21-14-13-17(3)15-18(21)16-25(24)22(4,5)6/h9-15,26-27H,7-8,16H2,1-6H3. The zero-order valence-electron chi connectivity index (χ0n) is 17.4. The molecule has 0 spiro atoms. The molecule has 0 heterocycles. The van der Waals surface area contributed by atoms with Crippen LogP contribution in [0.1, 0.15) is 64.2 Å². The lowest BCUT2D eigenvalue weighted by molar-refractivity contribution is 0.255. The maximum absolute atomic E-state index is 10.5.